The van der Waals surface area contributed by atoms with Crippen molar-refractivity contribution in [2.24, 2.45) is 11.7 Å². The molecule has 1 aliphatic heterocycles. The second-order valence-electron chi connectivity index (χ2n) is 5.73. The van der Waals surface area contributed by atoms with Crippen molar-refractivity contribution in [3.05, 3.63) is 0 Å². The largest absolute Gasteiger partial charge is 0.375 e. The number of morpholine rings is 1. The first-order chi connectivity index (χ1) is 8.69. The van der Waals surface area contributed by atoms with Gasteiger partial charge in [0.25, 0.3) is 0 Å². The number of carbonyl (C=O) groups excluding carboxylic acids is 1. The number of nitrogens with zero attached hydrogens (tertiary/aromatic N) is 1. The molecule has 4 nitrogen and oxygen atoms in total. The van der Waals surface area contributed by atoms with Crippen molar-refractivity contribution in [1.29, 1.82) is 0 Å². The molecule has 0 radical (unpaired) electrons. The molecular weight excluding hydrogens is 228 g/mol. The van der Waals surface area contributed by atoms with Crippen molar-refractivity contribution in [2.45, 2.75) is 57.6 Å². The Labute approximate surface area is 110 Å². The van der Waals surface area contributed by atoms with E-state index in [9.17, 15) is 4.79 Å². The molecule has 1 unspecified atom stereocenters. The Kier molecular flexibility index (Phi) is 5.01. The van der Waals surface area contributed by atoms with Crippen molar-refractivity contribution in [2.75, 3.05) is 19.7 Å². The second-order valence-corrected chi connectivity index (χ2v) is 5.73. The zero-order valence-electron chi connectivity index (χ0n) is 11.4. The van der Waals surface area contributed by atoms with E-state index in [1.165, 1.54) is 0 Å². The van der Waals surface area contributed by atoms with E-state index >= 15 is 0 Å². The minimum absolute atomic E-state index is 0.238. The summed E-state index contributed by atoms with van der Waals surface area (Å²) in [5.74, 6) is 0.873. The third-order valence-electron chi connectivity index (χ3n) is 4.30. The van der Waals surface area contributed by atoms with Crippen LogP contribution in [-0.4, -0.2) is 42.6 Å². The first kappa shape index (κ1) is 13.8. The van der Waals surface area contributed by atoms with Crippen molar-refractivity contribution < 1.29 is 9.53 Å². The van der Waals surface area contributed by atoms with Gasteiger partial charge in [-0.25, -0.2) is 0 Å². The zero-order chi connectivity index (χ0) is 13.0. The van der Waals surface area contributed by atoms with Crippen molar-refractivity contribution in [3.8, 4) is 0 Å². The maximum Gasteiger partial charge on any atom is 0.223 e. The number of rotatable bonds is 3. The molecule has 0 aromatic rings. The summed E-state index contributed by atoms with van der Waals surface area (Å²) in [4.78, 5) is 14.2. The normalized spacial score (nSPS) is 33.4. The summed E-state index contributed by atoms with van der Waals surface area (Å²) in [6.07, 6.45) is 6.34. The van der Waals surface area contributed by atoms with Gasteiger partial charge in [0.2, 0.25) is 5.91 Å². The van der Waals surface area contributed by atoms with Crippen LogP contribution in [0.4, 0.5) is 0 Å². The Morgan fingerprint density at radius 1 is 1.33 bits per heavy atom. The monoisotopic (exact) mass is 254 g/mol. The van der Waals surface area contributed by atoms with Crippen LogP contribution in [0.25, 0.3) is 0 Å². The maximum atomic E-state index is 12.2. The van der Waals surface area contributed by atoms with Gasteiger partial charge in [-0.1, -0.05) is 6.92 Å². The topological polar surface area (TPSA) is 55.6 Å². The van der Waals surface area contributed by atoms with Crippen LogP contribution in [0.5, 0.6) is 0 Å². The molecule has 2 N–H and O–H groups in total. The average molecular weight is 254 g/mol. The van der Waals surface area contributed by atoms with Crippen LogP contribution in [0.15, 0.2) is 0 Å². The predicted octanol–water partition coefficient (Wildman–Crippen LogP) is 1.53. The number of hydrogen-bond donors (Lipinski definition) is 1. The fourth-order valence-corrected chi connectivity index (χ4v) is 2.96. The molecule has 1 heterocycles. The number of ether oxygens (including phenoxy) is 1. The van der Waals surface area contributed by atoms with E-state index in [1.807, 2.05) is 4.90 Å². The lowest BCUT2D eigenvalue weighted by molar-refractivity contribution is -0.140. The van der Waals surface area contributed by atoms with Gasteiger partial charge in [-0.05, 0) is 38.0 Å². The van der Waals surface area contributed by atoms with Crippen molar-refractivity contribution in [1.82, 2.24) is 4.90 Å². The summed E-state index contributed by atoms with van der Waals surface area (Å²) in [5, 5.41) is 0. The smallest absolute Gasteiger partial charge is 0.223 e. The van der Waals surface area contributed by atoms with Crippen LogP contribution >= 0.6 is 0 Å². The van der Waals surface area contributed by atoms with Crippen LogP contribution in [0.2, 0.25) is 0 Å². The van der Waals surface area contributed by atoms with Gasteiger partial charge in [0.05, 0.1) is 12.7 Å². The highest BCUT2D eigenvalue weighted by Crippen LogP contribution is 2.26. The molecule has 4 heteroatoms. The van der Waals surface area contributed by atoms with E-state index in [0.29, 0.717) is 30.9 Å². The molecule has 104 valence electrons. The summed E-state index contributed by atoms with van der Waals surface area (Å²) in [5.41, 5.74) is 5.89. The molecule has 1 atom stereocenters. The van der Waals surface area contributed by atoms with E-state index in [-0.39, 0.29) is 6.10 Å². The first-order valence-electron chi connectivity index (χ1n) is 7.34. The molecule has 0 spiro atoms. The molecule has 1 saturated carbocycles. The van der Waals surface area contributed by atoms with Crippen LogP contribution in [0.3, 0.4) is 0 Å². The van der Waals surface area contributed by atoms with E-state index in [2.05, 4.69) is 6.92 Å². The van der Waals surface area contributed by atoms with E-state index in [4.69, 9.17) is 10.5 Å². The van der Waals surface area contributed by atoms with Gasteiger partial charge in [-0.15, -0.1) is 0 Å². The van der Waals surface area contributed by atoms with E-state index in [0.717, 1.165) is 45.2 Å². The van der Waals surface area contributed by atoms with Crippen LogP contribution < -0.4 is 5.73 Å². The highest BCUT2D eigenvalue weighted by atomic mass is 16.5. The number of nitrogens with two attached hydrogens (primary N) is 1. The fourth-order valence-electron chi connectivity index (χ4n) is 2.96. The summed E-state index contributed by atoms with van der Waals surface area (Å²) in [6, 6.07) is 0.365. The van der Waals surface area contributed by atoms with Crippen LogP contribution in [0, 0.1) is 5.92 Å². The van der Waals surface area contributed by atoms with Crippen molar-refractivity contribution in [3.63, 3.8) is 0 Å². The molecule has 2 rings (SSSR count). The maximum absolute atomic E-state index is 12.2. The van der Waals surface area contributed by atoms with Crippen LogP contribution in [0.1, 0.15) is 45.4 Å². The Morgan fingerprint density at radius 2 is 2.06 bits per heavy atom. The third-order valence-corrected chi connectivity index (χ3v) is 4.30. The van der Waals surface area contributed by atoms with Crippen LogP contribution in [-0.2, 0) is 9.53 Å². The van der Waals surface area contributed by atoms with Gasteiger partial charge in [-0.3, -0.25) is 4.79 Å². The number of amides is 1. The molecule has 18 heavy (non-hydrogen) atoms. The van der Waals surface area contributed by atoms with Gasteiger partial charge >= 0.3 is 0 Å². The predicted molar refractivity (Wildman–Crippen MR) is 71.2 cm³/mol. The molecule has 0 bridgehead atoms. The standard InChI is InChI=1S/C14H26N2O2/c1-2-13-10-16(7-8-18-13)14(17)9-11-3-5-12(15)6-4-11/h11-13H,2-10,15H2,1H3. The summed E-state index contributed by atoms with van der Waals surface area (Å²) >= 11 is 0. The molecule has 1 amide bonds. The lowest BCUT2D eigenvalue weighted by atomic mass is 9.84. The number of carbonyl (C=O) groups is 1. The minimum Gasteiger partial charge on any atom is -0.375 e. The van der Waals surface area contributed by atoms with Gasteiger partial charge in [0, 0.05) is 25.6 Å². The highest BCUT2D eigenvalue weighted by molar-refractivity contribution is 5.76. The van der Waals surface area contributed by atoms with E-state index < -0.39 is 0 Å². The van der Waals surface area contributed by atoms with Crippen molar-refractivity contribution >= 4 is 5.91 Å². The summed E-state index contributed by atoms with van der Waals surface area (Å²) in [7, 11) is 0. The molecule has 2 fully saturated rings. The Balaban J connectivity index is 1.77. The third kappa shape index (κ3) is 3.69. The Morgan fingerprint density at radius 3 is 2.72 bits per heavy atom. The summed E-state index contributed by atoms with van der Waals surface area (Å²) < 4.78 is 5.60. The molecule has 1 aliphatic carbocycles. The van der Waals surface area contributed by atoms with E-state index in [1.54, 1.807) is 0 Å². The summed E-state index contributed by atoms with van der Waals surface area (Å²) in [6.45, 7) is 4.35. The van der Waals surface area contributed by atoms with Gasteiger partial charge in [-0.2, -0.15) is 0 Å². The quantitative estimate of drug-likeness (QED) is 0.831. The van der Waals surface area contributed by atoms with Gasteiger partial charge < -0.3 is 15.4 Å². The van der Waals surface area contributed by atoms with Gasteiger partial charge in [0.15, 0.2) is 0 Å². The molecule has 0 aromatic carbocycles. The zero-order valence-corrected chi connectivity index (χ0v) is 11.4. The number of hydrogen-bond acceptors (Lipinski definition) is 3. The Hall–Kier alpha value is -0.610. The molecular formula is C14H26N2O2. The fraction of sp³-hybridized carbons (Fsp3) is 0.929. The Bertz CT molecular complexity index is 275. The lowest BCUT2D eigenvalue weighted by Crippen LogP contribution is -2.46. The molecule has 2 aliphatic rings. The molecule has 1 saturated heterocycles. The average Bonchev–Trinajstić information content (AvgIpc) is 2.41. The highest BCUT2D eigenvalue weighted by Gasteiger charge is 2.26. The minimum atomic E-state index is 0.238. The SMILES string of the molecule is CCC1CN(C(=O)CC2CCC(N)CC2)CCO1. The first-order valence-corrected chi connectivity index (χ1v) is 7.34. The van der Waals surface area contributed by atoms with Gasteiger partial charge in [0.1, 0.15) is 0 Å². The molecule has 0 aromatic heterocycles. The lowest BCUT2D eigenvalue weighted by Gasteiger charge is -2.34. The second kappa shape index (κ2) is 6.53.